The van der Waals surface area contributed by atoms with Crippen molar-refractivity contribution < 1.29 is 13.0 Å². The molecule has 0 aromatic carbocycles. The molecule has 3 nitrogen and oxygen atoms in total. The van der Waals surface area contributed by atoms with Crippen molar-refractivity contribution in [1.29, 1.82) is 0 Å². The highest BCUT2D eigenvalue weighted by Gasteiger charge is 2.00. The van der Waals surface area contributed by atoms with E-state index in [1.807, 2.05) is 0 Å². The summed E-state index contributed by atoms with van der Waals surface area (Å²) in [7, 11) is -4.13. The molecule has 0 amide bonds. The summed E-state index contributed by atoms with van der Waals surface area (Å²) in [5.41, 5.74) is 0. The third-order valence-corrected chi connectivity index (χ3v) is 1.65. The summed E-state index contributed by atoms with van der Waals surface area (Å²) < 4.78 is 29.8. The van der Waals surface area contributed by atoms with E-state index in [9.17, 15) is 13.0 Å². The normalized spacial score (nSPS) is 14.3. The first-order chi connectivity index (χ1) is 3.95. The van der Waals surface area contributed by atoms with Crippen molar-refractivity contribution in [3.8, 4) is 12.3 Å². The molecule has 0 fully saturated rings. The molecule has 52 valence electrons. The van der Waals surface area contributed by atoms with Crippen molar-refractivity contribution in [2.45, 2.75) is 6.92 Å². The van der Waals surface area contributed by atoms with Crippen LogP contribution in [0.25, 0.3) is 0 Å². The van der Waals surface area contributed by atoms with Gasteiger partial charge in [0.05, 0.1) is 15.9 Å². The summed E-state index contributed by atoms with van der Waals surface area (Å²) in [5.74, 6) is 1.19. The van der Waals surface area contributed by atoms with Crippen molar-refractivity contribution in [1.82, 2.24) is 0 Å². The smallest absolute Gasteiger partial charge is 0.0958 e. The van der Waals surface area contributed by atoms with Crippen LogP contribution in [0.4, 0.5) is 0 Å². The Labute approximate surface area is 54.8 Å². The lowest BCUT2D eigenvalue weighted by molar-refractivity contribution is 0.458. The van der Waals surface area contributed by atoms with Gasteiger partial charge in [0.2, 0.25) is 0 Å². The van der Waals surface area contributed by atoms with Gasteiger partial charge >= 0.3 is 0 Å². The van der Waals surface area contributed by atoms with Crippen LogP contribution in [0, 0.1) is 18.3 Å². The van der Waals surface area contributed by atoms with Gasteiger partial charge in [0, 0.05) is 5.92 Å². The van der Waals surface area contributed by atoms with E-state index in [-0.39, 0.29) is 0 Å². The Hall–Kier alpha value is -0.530. The minimum Gasteiger partial charge on any atom is -0.748 e. The van der Waals surface area contributed by atoms with Gasteiger partial charge in [0.1, 0.15) is 0 Å². The Balaban J connectivity index is 3.94. The van der Waals surface area contributed by atoms with E-state index in [0.29, 0.717) is 0 Å². The standard InChI is InChI=1S/C5H8O3S/c1-3-5(2)4-9(6,7)8/h1,5H,4H2,2H3,(H,6,7,8)/p-1. The Morgan fingerprint density at radius 2 is 2.22 bits per heavy atom. The van der Waals surface area contributed by atoms with E-state index >= 15 is 0 Å². The number of rotatable bonds is 2. The maximum absolute atomic E-state index is 9.95. The molecule has 0 spiro atoms. The molecule has 0 bridgehead atoms. The maximum atomic E-state index is 9.95. The first-order valence-electron chi connectivity index (χ1n) is 2.35. The molecule has 0 aliphatic rings. The maximum Gasteiger partial charge on any atom is 0.0958 e. The van der Waals surface area contributed by atoms with Gasteiger partial charge in [-0.3, -0.25) is 0 Å². The molecule has 0 aromatic rings. The summed E-state index contributed by atoms with van der Waals surface area (Å²) >= 11 is 0. The van der Waals surface area contributed by atoms with E-state index < -0.39 is 21.8 Å². The van der Waals surface area contributed by atoms with Gasteiger partial charge in [0.15, 0.2) is 0 Å². The monoisotopic (exact) mass is 147 g/mol. The fourth-order valence-electron chi connectivity index (χ4n) is 0.354. The Bertz CT molecular complexity index is 209. The van der Waals surface area contributed by atoms with Crippen LogP contribution in [0.1, 0.15) is 6.92 Å². The highest BCUT2D eigenvalue weighted by Crippen LogP contribution is 1.95. The zero-order valence-electron chi connectivity index (χ0n) is 4.99. The topological polar surface area (TPSA) is 57.2 Å². The van der Waals surface area contributed by atoms with E-state index in [1.54, 1.807) is 0 Å². The average molecular weight is 147 g/mol. The van der Waals surface area contributed by atoms with Crippen LogP contribution >= 0.6 is 0 Å². The Morgan fingerprint density at radius 1 is 1.78 bits per heavy atom. The van der Waals surface area contributed by atoms with Crippen molar-refractivity contribution in [3.05, 3.63) is 0 Å². The van der Waals surface area contributed by atoms with Gasteiger partial charge in [-0.2, -0.15) is 0 Å². The summed E-state index contributed by atoms with van der Waals surface area (Å²) in [5, 5.41) is 0. The molecule has 0 aromatic heterocycles. The number of terminal acetylenes is 1. The minimum absolute atomic E-state index is 0.469. The van der Waals surface area contributed by atoms with Crippen LogP contribution in [0.2, 0.25) is 0 Å². The molecular formula is C5H7O3S-. The van der Waals surface area contributed by atoms with Crippen LogP contribution in [0.3, 0.4) is 0 Å². The lowest BCUT2D eigenvalue weighted by atomic mass is 10.2. The first kappa shape index (κ1) is 8.47. The van der Waals surface area contributed by atoms with E-state index in [2.05, 4.69) is 5.92 Å². The molecule has 1 unspecified atom stereocenters. The Kier molecular flexibility index (Phi) is 2.68. The van der Waals surface area contributed by atoms with Gasteiger partial charge in [-0.25, -0.2) is 8.42 Å². The van der Waals surface area contributed by atoms with Gasteiger partial charge in [0.25, 0.3) is 0 Å². The van der Waals surface area contributed by atoms with Crippen molar-refractivity contribution >= 4 is 10.1 Å². The van der Waals surface area contributed by atoms with Crippen LogP contribution in [0.5, 0.6) is 0 Å². The van der Waals surface area contributed by atoms with Gasteiger partial charge in [-0.1, -0.05) is 6.92 Å². The van der Waals surface area contributed by atoms with E-state index in [0.717, 1.165) is 0 Å². The fraction of sp³-hybridized carbons (Fsp3) is 0.600. The summed E-state index contributed by atoms with van der Waals surface area (Å²) in [6.07, 6.45) is 4.83. The van der Waals surface area contributed by atoms with E-state index in [1.165, 1.54) is 6.92 Å². The highest BCUT2D eigenvalue weighted by molar-refractivity contribution is 7.85. The lowest BCUT2D eigenvalue weighted by Crippen LogP contribution is -2.10. The second kappa shape index (κ2) is 2.85. The summed E-state index contributed by atoms with van der Waals surface area (Å²) in [6.45, 7) is 1.51. The molecular weight excluding hydrogens is 140 g/mol. The third-order valence-electron chi connectivity index (χ3n) is 0.739. The quantitative estimate of drug-likeness (QED) is 0.401. The minimum atomic E-state index is -4.13. The molecule has 0 radical (unpaired) electrons. The van der Waals surface area contributed by atoms with Crippen LogP contribution in [0.15, 0.2) is 0 Å². The zero-order chi connectivity index (χ0) is 7.49. The largest absolute Gasteiger partial charge is 0.748 e. The van der Waals surface area contributed by atoms with Gasteiger partial charge < -0.3 is 4.55 Å². The lowest BCUT2D eigenvalue weighted by Gasteiger charge is -2.07. The van der Waals surface area contributed by atoms with Crippen LogP contribution < -0.4 is 0 Å². The highest BCUT2D eigenvalue weighted by atomic mass is 32.2. The summed E-state index contributed by atoms with van der Waals surface area (Å²) in [6, 6.07) is 0. The summed E-state index contributed by atoms with van der Waals surface area (Å²) in [4.78, 5) is 0. The van der Waals surface area contributed by atoms with Crippen molar-refractivity contribution in [3.63, 3.8) is 0 Å². The molecule has 0 aliphatic carbocycles. The van der Waals surface area contributed by atoms with E-state index in [4.69, 9.17) is 6.42 Å². The van der Waals surface area contributed by atoms with Crippen molar-refractivity contribution in [2.75, 3.05) is 5.75 Å². The molecule has 0 aliphatic heterocycles. The van der Waals surface area contributed by atoms with Gasteiger partial charge in [-0.15, -0.1) is 12.3 Å². The SMILES string of the molecule is C#CC(C)CS(=O)(=O)[O-]. The second-order valence-electron chi connectivity index (χ2n) is 1.79. The number of hydrogen-bond acceptors (Lipinski definition) is 3. The molecule has 1 atom stereocenters. The Morgan fingerprint density at radius 3 is 2.33 bits per heavy atom. The van der Waals surface area contributed by atoms with Crippen LogP contribution in [-0.4, -0.2) is 18.7 Å². The predicted molar refractivity (Wildman–Crippen MR) is 32.6 cm³/mol. The molecule has 0 saturated heterocycles. The first-order valence-corrected chi connectivity index (χ1v) is 3.93. The van der Waals surface area contributed by atoms with Crippen LogP contribution in [-0.2, 0) is 10.1 Å². The molecule has 0 rings (SSSR count). The second-order valence-corrected chi connectivity index (χ2v) is 3.24. The average Bonchev–Trinajstić information content (AvgIpc) is 1.62. The predicted octanol–water partition coefficient (Wildman–Crippen LogP) is -0.199. The molecule has 0 heterocycles. The van der Waals surface area contributed by atoms with Crippen molar-refractivity contribution in [2.24, 2.45) is 5.92 Å². The molecule has 0 saturated carbocycles. The molecule has 0 N–H and O–H groups in total. The zero-order valence-corrected chi connectivity index (χ0v) is 5.81. The van der Waals surface area contributed by atoms with Gasteiger partial charge in [-0.05, 0) is 0 Å². The molecule has 4 heteroatoms. The molecule has 9 heavy (non-hydrogen) atoms. The fourth-order valence-corrected chi connectivity index (χ4v) is 1.06. The third kappa shape index (κ3) is 5.34. The number of hydrogen-bond donors (Lipinski definition) is 0.